The van der Waals surface area contributed by atoms with E-state index in [2.05, 4.69) is 0 Å². The maximum Gasteiger partial charge on any atom is 0.368 e. The van der Waals surface area contributed by atoms with E-state index in [4.69, 9.17) is 4.55 Å². The van der Waals surface area contributed by atoms with Crippen molar-refractivity contribution in [3.63, 3.8) is 0 Å². The Morgan fingerprint density at radius 1 is 0.867 bits per heavy atom. The Hall–Kier alpha value is -1.23. The van der Waals surface area contributed by atoms with Crippen molar-refractivity contribution < 1.29 is 39.3 Å². The number of hydrogen-bond donors (Lipinski definition) is 1. The lowest BCUT2D eigenvalue weighted by Gasteiger charge is -2.13. The number of hydrogen-bond acceptors (Lipinski definition) is 2. The highest BCUT2D eigenvalue weighted by Crippen LogP contribution is 2.26. The lowest BCUT2D eigenvalue weighted by atomic mass is 10.8. The first kappa shape index (κ1) is 13.8. The number of halogens is 6. The van der Waals surface area contributed by atoms with Gasteiger partial charge >= 0.3 is 22.5 Å². The van der Waals surface area contributed by atoms with E-state index in [9.17, 15) is 34.8 Å². The van der Waals surface area contributed by atoms with Crippen LogP contribution in [0.4, 0.5) is 26.3 Å². The zero-order valence-corrected chi connectivity index (χ0v) is 7.20. The molecule has 1 N–H and O–H groups in total. The third kappa shape index (κ3) is 3.43. The molecule has 0 aliphatic rings. The minimum Gasteiger partial charge on any atom is -0.269 e. The van der Waals surface area contributed by atoms with Gasteiger partial charge in [-0.05, 0) is 0 Å². The number of rotatable bonds is 3. The fourth-order valence-corrected chi connectivity index (χ4v) is 0.985. The molecule has 0 fully saturated rings. The molecule has 0 saturated heterocycles. The molecule has 0 aromatic rings. The van der Waals surface area contributed by atoms with Gasteiger partial charge in [0.05, 0.1) is 0 Å². The highest BCUT2D eigenvalue weighted by atomic mass is 32.2. The van der Waals surface area contributed by atoms with Gasteiger partial charge in [0.2, 0.25) is 0 Å². The van der Waals surface area contributed by atoms with E-state index in [0.29, 0.717) is 0 Å². The number of nitrogens with zero attached hydrogens (tertiary/aromatic N) is 1. The van der Waals surface area contributed by atoms with E-state index in [1.54, 1.807) is 0 Å². The van der Waals surface area contributed by atoms with Gasteiger partial charge in [0.15, 0.2) is 0 Å². The summed E-state index contributed by atoms with van der Waals surface area (Å²) in [5.41, 5.74) is 0. The van der Waals surface area contributed by atoms with Crippen molar-refractivity contribution in [2.24, 2.45) is 0 Å². The largest absolute Gasteiger partial charge is 0.368 e. The summed E-state index contributed by atoms with van der Waals surface area (Å²) >= 11 is 0. The van der Waals surface area contributed by atoms with Gasteiger partial charge < -0.3 is 0 Å². The van der Waals surface area contributed by atoms with Crippen LogP contribution in [0.5, 0.6) is 0 Å². The third-order valence-corrected chi connectivity index (χ3v) is 1.68. The first-order valence-electron chi connectivity index (χ1n) is 2.78. The van der Waals surface area contributed by atoms with Crippen molar-refractivity contribution >= 4 is 10.3 Å². The molecular weight excluding hydrogens is 256 g/mol. The summed E-state index contributed by atoms with van der Waals surface area (Å²) in [6.45, 7) is 0. The third-order valence-electron chi connectivity index (χ3n) is 0.899. The summed E-state index contributed by atoms with van der Waals surface area (Å²) in [7, 11) is -5.95. The molecule has 0 radical (unpaired) electrons. The second-order valence-corrected chi connectivity index (χ2v) is 3.11. The minimum atomic E-state index is -5.95. The second-order valence-electron chi connectivity index (χ2n) is 1.84. The lowest BCUT2D eigenvalue weighted by Crippen LogP contribution is -2.27. The zero-order chi connectivity index (χ0) is 12.4. The van der Waals surface area contributed by atoms with Gasteiger partial charge in [0.25, 0.3) is 11.9 Å². The zero-order valence-electron chi connectivity index (χ0n) is 6.39. The van der Waals surface area contributed by atoms with Gasteiger partial charge in [-0.3, -0.25) is 4.55 Å². The molecule has 4 nitrogen and oxygen atoms in total. The Morgan fingerprint density at radius 3 is 1.27 bits per heavy atom. The molecule has 0 spiro atoms. The van der Waals surface area contributed by atoms with Crippen LogP contribution in [0.3, 0.4) is 0 Å². The average Bonchev–Trinajstić information content (AvgIpc) is 2.01. The van der Waals surface area contributed by atoms with Crippen LogP contribution in [-0.2, 0) is 10.3 Å². The van der Waals surface area contributed by atoms with Crippen molar-refractivity contribution in [1.29, 1.82) is 0 Å². The van der Waals surface area contributed by atoms with Crippen LogP contribution >= 0.6 is 0 Å². The monoisotopic (exact) mass is 257 g/mol. The SMILES string of the molecule is O=S(=O)(O)N(C(F)=C(F)F)C(F)=C(F)F. The van der Waals surface area contributed by atoms with Crippen LogP contribution in [0.1, 0.15) is 0 Å². The van der Waals surface area contributed by atoms with Crippen LogP contribution in [-0.4, -0.2) is 17.3 Å². The quantitative estimate of drug-likeness (QED) is 0.479. The van der Waals surface area contributed by atoms with E-state index in [1.165, 1.54) is 0 Å². The molecule has 0 aromatic heterocycles. The summed E-state index contributed by atoms with van der Waals surface area (Å²) in [5, 5.41) is 0. The van der Waals surface area contributed by atoms with Crippen molar-refractivity contribution in [3.05, 3.63) is 24.1 Å². The lowest BCUT2D eigenvalue weighted by molar-refractivity contribution is 0.255. The Labute approximate surface area is 79.0 Å². The predicted octanol–water partition coefficient (Wildman–Crippen LogP) is 2.16. The maximum atomic E-state index is 12.2. The first-order chi connectivity index (χ1) is 6.59. The molecule has 0 unspecified atom stereocenters. The van der Waals surface area contributed by atoms with Crippen LogP contribution in [0, 0.1) is 0 Å². The highest BCUT2D eigenvalue weighted by molar-refractivity contribution is 7.83. The van der Waals surface area contributed by atoms with Gasteiger partial charge in [-0.1, -0.05) is 0 Å². The molecule has 0 heterocycles. The molecule has 0 aliphatic carbocycles. The van der Waals surface area contributed by atoms with Crippen LogP contribution in [0.15, 0.2) is 24.1 Å². The molecular formula is C4HF6NO3S. The summed E-state index contributed by atoms with van der Waals surface area (Å²) < 4.78 is 96.7. The van der Waals surface area contributed by atoms with Crippen LogP contribution < -0.4 is 0 Å². The van der Waals surface area contributed by atoms with E-state index >= 15 is 0 Å². The molecule has 0 bridgehead atoms. The molecule has 0 saturated carbocycles. The fraction of sp³-hybridized carbons (Fsp3) is 0. The van der Waals surface area contributed by atoms with Crippen LogP contribution in [0.2, 0.25) is 0 Å². The van der Waals surface area contributed by atoms with E-state index < -0.39 is 38.7 Å². The van der Waals surface area contributed by atoms with Gasteiger partial charge in [-0.2, -0.15) is 39.1 Å². The van der Waals surface area contributed by atoms with E-state index in [0.717, 1.165) is 0 Å². The van der Waals surface area contributed by atoms with Crippen molar-refractivity contribution in [3.8, 4) is 0 Å². The van der Waals surface area contributed by atoms with E-state index in [-0.39, 0.29) is 0 Å². The Balaban J connectivity index is 5.72. The summed E-state index contributed by atoms with van der Waals surface area (Å²) in [6, 6.07) is 0. The minimum absolute atomic E-state index is 1.88. The summed E-state index contributed by atoms with van der Waals surface area (Å²) in [5.74, 6) is -6.33. The molecule has 88 valence electrons. The van der Waals surface area contributed by atoms with Crippen LogP contribution in [0.25, 0.3) is 0 Å². The molecule has 0 atom stereocenters. The smallest absolute Gasteiger partial charge is 0.269 e. The van der Waals surface area contributed by atoms with Crippen molar-refractivity contribution in [2.75, 3.05) is 0 Å². The molecule has 15 heavy (non-hydrogen) atoms. The summed E-state index contributed by atoms with van der Waals surface area (Å²) in [6.07, 6.45) is -6.80. The van der Waals surface area contributed by atoms with Gasteiger partial charge in [-0.25, -0.2) is 0 Å². The molecule has 0 aliphatic heterocycles. The maximum absolute atomic E-state index is 12.2. The van der Waals surface area contributed by atoms with Crippen molar-refractivity contribution in [1.82, 2.24) is 4.31 Å². The molecule has 0 aromatic carbocycles. The van der Waals surface area contributed by atoms with Crippen molar-refractivity contribution in [2.45, 2.75) is 0 Å². The topological polar surface area (TPSA) is 57.6 Å². The molecule has 11 heteroatoms. The average molecular weight is 257 g/mol. The Kier molecular flexibility index (Phi) is 4.16. The Morgan fingerprint density at radius 2 is 1.13 bits per heavy atom. The molecule has 0 rings (SSSR count). The predicted molar refractivity (Wildman–Crippen MR) is 34.1 cm³/mol. The fourth-order valence-electron chi connectivity index (χ4n) is 0.442. The second kappa shape index (κ2) is 4.53. The van der Waals surface area contributed by atoms with Gasteiger partial charge in [0, 0.05) is 0 Å². The van der Waals surface area contributed by atoms with Gasteiger partial charge in [-0.15, -0.1) is 0 Å². The standard InChI is InChI=1S/C4HF6NO3S/c5-1(6)3(9)11(15(12,13)14)4(10)2(7)8/h(H,12,13,14). The molecule has 0 amide bonds. The summed E-state index contributed by atoms with van der Waals surface area (Å²) in [4.78, 5) is 0. The first-order valence-corrected chi connectivity index (χ1v) is 4.18. The van der Waals surface area contributed by atoms with Gasteiger partial charge in [0.1, 0.15) is 0 Å². The Bertz CT molecular complexity index is 382. The normalized spacial score (nSPS) is 10.9. The highest BCUT2D eigenvalue weighted by Gasteiger charge is 2.33. The van der Waals surface area contributed by atoms with E-state index in [1.807, 2.05) is 0 Å².